The van der Waals surface area contributed by atoms with E-state index in [2.05, 4.69) is 18.8 Å². The maximum Gasteiger partial charge on any atom is 0.0431 e. The summed E-state index contributed by atoms with van der Waals surface area (Å²) in [6.45, 7) is 2.54. The molecule has 0 saturated heterocycles. The summed E-state index contributed by atoms with van der Waals surface area (Å²) < 4.78 is 0. The molecule has 1 heteroatoms. The van der Waals surface area contributed by atoms with E-state index in [9.17, 15) is 0 Å². The normalized spacial score (nSPS) is 10.1. The molecular formula is C17H32O. The van der Waals surface area contributed by atoms with E-state index in [0.717, 1.165) is 19.3 Å². The predicted octanol–water partition coefficient (Wildman–Crippen LogP) is 5.07. The minimum absolute atomic E-state index is 0.362. The highest BCUT2D eigenvalue weighted by atomic mass is 16.2. The number of rotatable bonds is 12. The third kappa shape index (κ3) is 15.5. The van der Waals surface area contributed by atoms with Crippen molar-refractivity contribution in [1.29, 1.82) is 0 Å². The van der Waals surface area contributed by atoms with Crippen LogP contribution in [0.15, 0.2) is 0 Å². The molecule has 0 aliphatic heterocycles. The number of hydrogen-bond donors (Lipinski definition) is 1. The van der Waals surface area contributed by atoms with Gasteiger partial charge in [0.05, 0.1) is 0 Å². The Bertz CT molecular complexity index is 199. The van der Waals surface area contributed by atoms with Crippen LogP contribution in [0.5, 0.6) is 0 Å². The molecule has 0 saturated carbocycles. The van der Waals surface area contributed by atoms with Crippen molar-refractivity contribution in [1.82, 2.24) is 0 Å². The van der Waals surface area contributed by atoms with E-state index < -0.39 is 0 Å². The summed E-state index contributed by atoms with van der Waals surface area (Å²) in [5.74, 6) is 6.45. The summed E-state index contributed by atoms with van der Waals surface area (Å²) in [6.07, 6.45) is 16.4. The quantitative estimate of drug-likeness (QED) is 0.379. The SMILES string of the molecule is CCCC#CCCCCCCCCCCCCO. The van der Waals surface area contributed by atoms with Gasteiger partial charge in [0.1, 0.15) is 0 Å². The van der Waals surface area contributed by atoms with Crippen molar-refractivity contribution >= 4 is 0 Å². The van der Waals surface area contributed by atoms with Crippen LogP contribution in [0.3, 0.4) is 0 Å². The van der Waals surface area contributed by atoms with Crippen LogP contribution in [0, 0.1) is 11.8 Å². The molecule has 0 aliphatic rings. The molecule has 0 aromatic rings. The fourth-order valence-electron chi connectivity index (χ4n) is 2.04. The average molecular weight is 252 g/mol. The van der Waals surface area contributed by atoms with E-state index in [1.165, 1.54) is 64.2 Å². The Kier molecular flexibility index (Phi) is 16.1. The molecular weight excluding hydrogens is 220 g/mol. The Morgan fingerprint density at radius 3 is 1.56 bits per heavy atom. The maximum absolute atomic E-state index is 8.65. The lowest BCUT2D eigenvalue weighted by Gasteiger charge is -2.01. The average Bonchev–Trinajstić information content (AvgIpc) is 2.39. The highest BCUT2D eigenvalue weighted by Crippen LogP contribution is 2.10. The maximum atomic E-state index is 8.65. The molecule has 0 fully saturated rings. The Morgan fingerprint density at radius 1 is 0.611 bits per heavy atom. The third-order valence-corrected chi connectivity index (χ3v) is 3.21. The van der Waals surface area contributed by atoms with Crippen LogP contribution in [0.25, 0.3) is 0 Å². The first-order valence-electron chi connectivity index (χ1n) is 7.98. The molecule has 0 aliphatic carbocycles. The summed E-state index contributed by atoms with van der Waals surface area (Å²) in [5, 5.41) is 8.65. The van der Waals surface area contributed by atoms with Gasteiger partial charge in [0.15, 0.2) is 0 Å². The van der Waals surface area contributed by atoms with Crippen molar-refractivity contribution < 1.29 is 5.11 Å². The largest absolute Gasteiger partial charge is 0.396 e. The van der Waals surface area contributed by atoms with Crippen molar-refractivity contribution in [2.75, 3.05) is 6.61 Å². The van der Waals surface area contributed by atoms with E-state index in [1.54, 1.807) is 0 Å². The molecule has 0 aromatic heterocycles. The number of aliphatic hydroxyl groups excluding tert-OH is 1. The van der Waals surface area contributed by atoms with Crippen LogP contribution in [0.1, 0.15) is 90.4 Å². The fraction of sp³-hybridized carbons (Fsp3) is 0.882. The fourth-order valence-corrected chi connectivity index (χ4v) is 2.04. The number of unbranched alkanes of at least 4 members (excludes halogenated alkanes) is 11. The summed E-state index contributed by atoms with van der Waals surface area (Å²) in [4.78, 5) is 0. The molecule has 106 valence electrons. The molecule has 0 spiro atoms. The van der Waals surface area contributed by atoms with Gasteiger partial charge in [0.2, 0.25) is 0 Å². The summed E-state index contributed by atoms with van der Waals surface area (Å²) in [5.41, 5.74) is 0. The van der Waals surface area contributed by atoms with Gasteiger partial charge in [0, 0.05) is 19.4 Å². The zero-order valence-electron chi connectivity index (χ0n) is 12.3. The van der Waals surface area contributed by atoms with Crippen molar-refractivity contribution in [3.63, 3.8) is 0 Å². The Balaban J connectivity index is 2.97. The third-order valence-electron chi connectivity index (χ3n) is 3.21. The van der Waals surface area contributed by atoms with Crippen LogP contribution in [-0.2, 0) is 0 Å². The van der Waals surface area contributed by atoms with Gasteiger partial charge in [-0.15, -0.1) is 11.8 Å². The van der Waals surface area contributed by atoms with Crippen LogP contribution in [0.2, 0.25) is 0 Å². The molecule has 0 radical (unpaired) electrons. The van der Waals surface area contributed by atoms with Crippen LogP contribution in [-0.4, -0.2) is 11.7 Å². The lowest BCUT2D eigenvalue weighted by atomic mass is 10.1. The van der Waals surface area contributed by atoms with E-state index >= 15 is 0 Å². The van der Waals surface area contributed by atoms with Gasteiger partial charge >= 0.3 is 0 Å². The van der Waals surface area contributed by atoms with Crippen molar-refractivity contribution in [3.05, 3.63) is 0 Å². The molecule has 18 heavy (non-hydrogen) atoms. The molecule has 0 aromatic carbocycles. The molecule has 1 N–H and O–H groups in total. The van der Waals surface area contributed by atoms with Crippen LogP contribution < -0.4 is 0 Å². The van der Waals surface area contributed by atoms with Gasteiger partial charge in [-0.2, -0.15) is 0 Å². The zero-order valence-corrected chi connectivity index (χ0v) is 12.3. The lowest BCUT2D eigenvalue weighted by molar-refractivity contribution is 0.282. The van der Waals surface area contributed by atoms with Gasteiger partial charge in [-0.3, -0.25) is 0 Å². The molecule has 0 atom stereocenters. The lowest BCUT2D eigenvalue weighted by Crippen LogP contribution is -1.84. The topological polar surface area (TPSA) is 20.2 Å². The number of hydrogen-bond acceptors (Lipinski definition) is 1. The Morgan fingerprint density at radius 2 is 1.06 bits per heavy atom. The van der Waals surface area contributed by atoms with Gasteiger partial charge in [-0.1, -0.05) is 58.3 Å². The Labute approximate surface area is 114 Å². The minimum Gasteiger partial charge on any atom is -0.396 e. The van der Waals surface area contributed by atoms with E-state index in [1.807, 2.05) is 0 Å². The zero-order chi connectivity index (χ0) is 13.3. The highest BCUT2D eigenvalue weighted by molar-refractivity contribution is 4.98. The number of aliphatic hydroxyl groups is 1. The van der Waals surface area contributed by atoms with Crippen molar-refractivity contribution in [2.24, 2.45) is 0 Å². The standard InChI is InChI=1S/C17H32O/c1-2-3-4-5-6-7-8-9-10-11-12-13-14-15-16-17-18/h18H,2-3,6-17H2,1H3. The summed E-state index contributed by atoms with van der Waals surface area (Å²) in [6, 6.07) is 0. The van der Waals surface area contributed by atoms with Gasteiger partial charge in [-0.05, 0) is 19.3 Å². The smallest absolute Gasteiger partial charge is 0.0431 e. The predicted molar refractivity (Wildman–Crippen MR) is 80.6 cm³/mol. The summed E-state index contributed by atoms with van der Waals surface area (Å²) in [7, 11) is 0. The highest BCUT2D eigenvalue weighted by Gasteiger charge is 1.92. The van der Waals surface area contributed by atoms with Crippen molar-refractivity contribution in [2.45, 2.75) is 90.4 Å². The van der Waals surface area contributed by atoms with Gasteiger partial charge in [-0.25, -0.2) is 0 Å². The van der Waals surface area contributed by atoms with Gasteiger partial charge in [0.25, 0.3) is 0 Å². The van der Waals surface area contributed by atoms with Crippen molar-refractivity contribution in [3.8, 4) is 11.8 Å². The molecule has 0 unspecified atom stereocenters. The molecule has 0 heterocycles. The van der Waals surface area contributed by atoms with E-state index in [-0.39, 0.29) is 0 Å². The Hall–Kier alpha value is -0.480. The first kappa shape index (κ1) is 17.5. The summed E-state index contributed by atoms with van der Waals surface area (Å²) >= 11 is 0. The first-order valence-corrected chi connectivity index (χ1v) is 7.98. The van der Waals surface area contributed by atoms with Crippen LogP contribution in [0.4, 0.5) is 0 Å². The van der Waals surface area contributed by atoms with Crippen LogP contribution >= 0.6 is 0 Å². The second-order valence-corrected chi connectivity index (χ2v) is 5.11. The van der Waals surface area contributed by atoms with E-state index in [0.29, 0.717) is 6.61 Å². The molecule has 1 nitrogen and oxygen atoms in total. The monoisotopic (exact) mass is 252 g/mol. The second kappa shape index (κ2) is 16.5. The molecule has 0 bridgehead atoms. The van der Waals surface area contributed by atoms with E-state index in [4.69, 9.17) is 5.11 Å². The molecule has 0 amide bonds. The first-order chi connectivity index (χ1) is 8.91. The minimum atomic E-state index is 0.362. The molecule has 0 rings (SSSR count). The van der Waals surface area contributed by atoms with Gasteiger partial charge < -0.3 is 5.11 Å². The second-order valence-electron chi connectivity index (χ2n) is 5.11.